The third kappa shape index (κ3) is 2.55. The average Bonchev–Trinajstić information content (AvgIpc) is 2.83. The summed E-state index contributed by atoms with van der Waals surface area (Å²) in [5.74, 6) is 0.971. The zero-order valence-corrected chi connectivity index (χ0v) is 11.9. The molecule has 0 saturated heterocycles. The van der Waals surface area contributed by atoms with Crippen LogP contribution in [0, 0.1) is 0 Å². The number of imidazole rings is 1. The summed E-state index contributed by atoms with van der Waals surface area (Å²) in [5, 5.41) is 0. The van der Waals surface area contributed by atoms with Crippen LogP contribution in [0.3, 0.4) is 0 Å². The maximum Gasteiger partial charge on any atom is 0.111 e. The van der Waals surface area contributed by atoms with Crippen molar-refractivity contribution in [1.82, 2.24) is 9.97 Å². The topological polar surface area (TPSA) is 54.7 Å². The van der Waals surface area contributed by atoms with Crippen LogP contribution in [0.5, 0.6) is 0 Å². The number of para-hydroxylation sites is 1. The van der Waals surface area contributed by atoms with Gasteiger partial charge in [-0.2, -0.15) is 0 Å². The van der Waals surface area contributed by atoms with Gasteiger partial charge in [0.2, 0.25) is 0 Å². The van der Waals surface area contributed by atoms with Gasteiger partial charge in [0.05, 0.1) is 11.0 Å². The van der Waals surface area contributed by atoms with E-state index in [9.17, 15) is 0 Å². The van der Waals surface area contributed by atoms with Crippen molar-refractivity contribution in [3.05, 3.63) is 63.9 Å². The highest BCUT2D eigenvalue weighted by Gasteiger charge is 2.06. The molecule has 0 fully saturated rings. The number of rotatable bonds is 3. The summed E-state index contributed by atoms with van der Waals surface area (Å²) >= 11 is 3.44. The Morgan fingerprint density at radius 2 is 1.89 bits per heavy atom. The molecule has 3 N–H and O–H groups in total. The first-order valence-electron chi connectivity index (χ1n) is 6.17. The molecule has 0 aliphatic heterocycles. The van der Waals surface area contributed by atoms with Gasteiger partial charge in [0, 0.05) is 17.4 Å². The lowest BCUT2D eigenvalue weighted by Crippen LogP contribution is -1.96. The minimum absolute atomic E-state index is 0.514. The fourth-order valence-corrected chi connectivity index (χ4v) is 2.45. The number of hydrogen-bond donors (Lipinski definition) is 2. The fraction of sp³-hybridized carbons (Fsp3) is 0.133. The molecule has 96 valence electrons. The number of aromatic nitrogens is 2. The molecule has 0 saturated carbocycles. The van der Waals surface area contributed by atoms with Crippen molar-refractivity contribution in [2.45, 2.75) is 13.0 Å². The smallest absolute Gasteiger partial charge is 0.111 e. The highest BCUT2D eigenvalue weighted by Crippen LogP contribution is 2.18. The van der Waals surface area contributed by atoms with Crippen LogP contribution in [0.2, 0.25) is 0 Å². The second kappa shape index (κ2) is 5.15. The number of aromatic amines is 1. The summed E-state index contributed by atoms with van der Waals surface area (Å²) in [4.78, 5) is 8.01. The Bertz CT molecular complexity index is 701. The largest absolute Gasteiger partial charge is 0.342 e. The number of hydrogen-bond acceptors (Lipinski definition) is 2. The van der Waals surface area contributed by atoms with Crippen molar-refractivity contribution in [3.63, 3.8) is 0 Å². The Balaban J connectivity index is 1.95. The SMILES string of the molecule is NCc1cccc2[nH]c(Cc3ccc(Br)cc3)nc12. The summed E-state index contributed by atoms with van der Waals surface area (Å²) < 4.78 is 1.09. The third-order valence-corrected chi connectivity index (χ3v) is 3.68. The van der Waals surface area contributed by atoms with Gasteiger partial charge in [-0.15, -0.1) is 0 Å². The quantitative estimate of drug-likeness (QED) is 0.778. The van der Waals surface area contributed by atoms with E-state index in [0.717, 1.165) is 33.3 Å². The molecule has 0 aliphatic rings. The van der Waals surface area contributed by atoms with Crippen LogP contribution in [0.4, 0.5) is 0 Å². The zero-order chi connectivity index (χ0) is 13.2. The first-order chi connectivity index (χ1) is 9.26. The molecule has 3 rings (SSSR count). The van der Waals surface area contributed by atoms with Gasteiger partial charge in [0.15, 0.2) is 0 Å². The molecule has 0 spiro atoms. The lowest BCUT2D eigenvalue weighted by atomic mass is 10.1. The molecule has 1 heterocycles. The van der Waals surface area contributed by atoms with Gasteiger partial charge in [-0.1, -0.05) is 40.2 Å². The van der Waals surface area contributed by atoms with Gasteiger partial charge < -0.3 is 10.7 Å². The molecule has 0 bridgehead atoms. The summed E-state index contributed by atoms with van der Waals surface area (Å²) in [5.41, 5.74) is 10.1. The van der Waals surface area contributed by atoms with Crippen LogP contribution < -0.4 is 5.73 Å². The molecule has 0 radical (unpaired) electrons. The van der Waals surface area contributed by atoms with Crippen LogP contribution in [-0.2, 0) is 13.0 Å². The van der Waals surface area contributed by atoms with E-state index in [4.69, 9.17) is 5.73 Å². The molecule has 0 aliphatic carbocycles. The van der Waals surface area contributed by atoms with Crippen LogP contribution in [0.25, 0.3) is 11.0 Å². The van der Waals surface area contributed by atoms with Crippen molar-refractivity contribution < 1.29 is 0 Å². The molecule has 19 heavy (non-hydrogen) atoms. The van der Waals surface area contributed by atoms with Crippen LogP contribution in [0.1, 0.15) is 17.0 Å². The molecule has 1 aromatic heterocycles. The lowest BCUT2D eigenvalue weighted by molar-refractivity contribution is 1.03. The number of halogens is 1. The Morgan fingerprint density at radius 3 is 2.63 bits per heavy atom. The minimum atomic E-state index is 0.514. The molecule has 0 atom stereocenters. The van der Waals surface area contributed by atoms with Crippen LogP contribution in [0.15, 0.2) is 46.9 Å². The maximum absolute atomic E-state index is 5.74. The average molecular weight is 316 g/mol. The standard InChI is InChI=1S/C15H14BrN3/c16-12-6-4-10(5-7-12)8-14-18-13-3-1-2-11(9-17)15(13)19-14/h1-7H,8-9,17H2,(H,18,19). The van der Waals surface area contributed by atoms with E-state index in [0.29, 0.717) is 6.54 Å². The summed E-state index contributed by atoms with van der Waals surface area (Å²) in [7, 11) is 0. The normalized spacial score (nSPS) is 11.1. The molecule has 4 heteroatoms. The van der Waals surface area contributed by atoms with Gasteiger partial charge >= 0.3 is 0 Å². The second-order valence-electron chi connectivity index (χ2n) is 4.50. The third-order valence-electron chi connectivity index (χ3n) is 3.15. The molecule has 3 nitrogen and oxygen atoms in total. The highest BCUT2D eigenvalue weighted by atomic mass is 79.9. The number of nitrogens with two attached hydrogens (primary N) is 1. The minimum Gasteiger partial charge on any atom is -0.342 e. The predicted molar refractivity (Wildman–Crippen MR) is 80.9 cm³/mol. The number of benzene rings is 2. The molecule has 2 aromatic carbocycles. The molecule has 0 unspecified atom stereocenters. The predicted octanol–water partition coefficient (Wildman–Crippen LogP) is 3.37. The Labute approximate surface area is 120 Å². The van der Waals surface area contributed by atoms with Crippen molar-refractivity contribution >= 4 is 27.0 Å². The number of fused-ring (bicyclic) bond motifs is 1. The number of nitrogens with one attached hydrogen (secondary N) is 1. The summed E-state index contributed by atoms with van der Waals surface area (Å²) in [6.45, 7) is 0.514. The van der Waals surface area contributed by atoms with Gasteiger partial charge in [-0.3, -0.25) is 0 Å². The summed E-state index contributed by atoms with van der Waals surface area (Å²) in [6.07, 6.45) is 0.798. The maximum atomic E-state index is 5.74. The van der Waals surface area contributed by atoms with E-state index >= 15 is 0 Å². The van der Waals surface area contributed by atoms with E-state index in [1.807, 2.05) is 30.3 Å². The van der Waals surface area contributed by atoms with E-state index in [1.54, 1.807) is 0 Å². The Hall–Kier alpha value is -1.65. The van der Waals surface area contributed by atoms with Crippen molar-refractivity contribution in [1.29, 1.82) is 0 Å². The van der Waals surface area contributed by atoms with E-state index in [-0.39, 0.29) is 0 Å². The Morgan fingerprint density at radius 1 is 1.11 bits per heavy atom. The van der Waals surface area contributed by atoms with Crippen LogP contribution in [-0.4, -0.2) is 9.97 Å². The van der Waals surface area contributed by atoms with E-state index in [2.05, 4.69) is 38.0 Å². The van der Waals surface area contributed by atoms with Gasteiger partial charge in [0.1, 0.15) is 5.82 Å². The monoisotopic (exact) mass is 315 g/mol. The molecular weight excluding hydrogens is 302 g/mol. The number of nitrogens with zero attached hydrogens (tertiary/aromatic N) is 1. The van der Waals surface area contributed by atoms with Gasteiger partial charge in [-0.05, 0) is 29.3 Å². The van der Waals surface area contributed by atoms with Crippen molar-refractivity contribution in [2.24, 2.45) is 5.73 Å². The highest BCUT2D eigenvalue weighted by molar-refractivity contribution is 9.10. The molecule has 3 aromatic rings. The number of H-pyrrole nitrogens is 1. The summed E-state index contributed by atoms with van der Waals surface area (Å²) in [6, 6.07) is 14.3. The van der Waals surface area contributed by atoms with Crippen molar-refractivity contribution in [2.75, 3.05) is 0 Å². The van der Waals surface area contributed by atoms with E-state index < -0.39 is 0 Å². The first kappa shape index (κ1) is 12.4. The first-order valence-corrected chi connectivity index (χ1v) is 6.96. The van der Waals surface area contributed by atoms with Gasteiger partial charge in [0.25, 0.3) is 0 Å². The van der Waals surface area contributed by atoms with Gasteiger partial charge in [-0.25, -0.2) is 4.98 Å². The molecular formula is C15H14BrN3. The van der Waals surface area contributed by atoms with Crippen molar-refractivity contribution in [3.8, 4) is 0 Å². The second-order valence-corrected chi connectivity index (χ2v) is 5.42. The molecule has 0 amide bonds. The zero-order valence-electron chi connectivity index (χ0n) is 10.4. The Kier molecular flexibility index (Phi) is 3.36. The van der Waals surface area contributed by atoms with Crippen LogP contribution >= 0.6 is 15.9 Å². The lowest BCUT2D eigenvalue weighted by Gasteiger charge is -1.98. The fourth-order valence-electron chi connectivity index (χ4n) is 2.19. The van der Waals surface area contributed by atoms with E-state index in [1.165, 1.54) is 5.56 Å².